The van der Waals surface area contributed by atoms with Crippen molar-refractivity contribution in [1.82, 2.24) is 9.62 Å². The number of sulfonamides is 1. The number of carbonyl (C=O) groups excluding carboxylic acids is 2. The van der Waals surface area contributed by atoms with E-state index in [1.807, 2.05) is 43.3 Å². The summed E-state index contributed by atoms with van der Waals surface area (Å²) < 4.78 is 28.8. The summed E-state index contributed by atoms with van der Waals surface area (Å²) in [6, 6.07) is 22.3. The van der Waals surface area contributed by atoms with Gasteiger partial charge in [0, 0.05) is 25.3 Å². The van der Waals surface area contributed by atoms with E-state index in [2.05, 4.69) is 10.6 Å². The monoisotopic (exact) mass is 592 g/mol. The number of nitrogens with zero attached hydrogens (tertiary/aromatic N) is 2. The molecule has 1 aliphatic heterocycles. The summed E-state index contributed by atoms with van der Waals surface area (Å²) >= 11 is 12.3. The summed E-state index contributed by atoms with van der Waals surface area (Å²) in [5, 5.41) is 13.6. The van der Waals surface area contributed by atoms with Crippen LogP contribution in [-0.4, -0.2) is 55.4 Å². The van der Waals surface area contributed by atoms with E-state index in [0.29, 0.717) is 23.1 Å². The number of imide groups is 1. The van der Waals surface area contributed by atoms with Crippen LogP contribution in [0.5, 0.6) is 0 Å². The van der Waals surface area contributed by atoms with Crippen molar-refractivity contribution in [3.8, 4) is 0 Å². The summed E-state index contributed by atoms with van der Waals surface area (Å²) in [4.78, 5) is 21.0. The molecule has 4 N–H and O–H groups in total. The third-order valence-electron chi connectivity index (χ3n) is 6.32. The van der Waals surface area contributed by atoms with E-state index in [9.17, 15) is 23.1 Å². The molecule has 0 saturated carbocycles. The Kier molecular flexibility index (Phi) is 10.3. The molecule has 3 aromatic rings. The van der Waals surface area contributed by atoms with Crippen molar-refractivity contribution in [2.45, 2.75) is 29.9 Å². The fourth-order valence-corrected chi connectivity index (χ4v) is 6.60. The van der Waals surface area contributed by atoms with Gasteiger partial charge in [-0.15, -0.1) is 0 Å². The lowest BCUT2D eigenvalue weighted by atomic mass is 9.88. The number of primary amides is 1. The first-order valence-corrected chi connectivity index (χ1v) is 14.2. The number of nitrogens with one attached hydrogen (secondary N) is 1. The van der Waals surface area contributed by atoms with Gasteiger partial charge < -0.3 is 15.7 Å². The second-order valence-corrected chi connectivity index (χ2v) is 11.8. The van der Waals surface area contributed by atoms with Crippen LogP contribution < -0.4 is 16.0 Å². The molecule has 1 aliphatic rings. The van der Waals surface area contributed by atoms with Crippen LogP contribution >= 0.6 is 23.2 Å². The van der Waals surface area contributed by atoms with E-state index < -0.39 is 27.7 Å². The average Bonchev–Trinajstić information content (AvgIpc) is 2.91. The van der Waals surface area contributed by atoms with Gasteiger partial charge in [0.2, 0.25) is 16.4 Å². The second kappa shape index (κ2) is 13.3. The Balaban J connectivity index is 0.000000631. The van der Waals surface area contributed by atoms with Gasteiger partial charge >= 0.3 is 6.03 Å². The number of rotatable bonds is 7. The zero-order valence-electron chi connectivity index (χ0n) is 21.2. The van der Waals surface area contributed by atoms with Gasteiger partial charge in [-0.1, -0.05) is 71.7 Å². The Morgan fingerprint density at radius 1 is 1.05 bits per heavy atom. The fourth-order valence-electron chi connectivity index (χ4n) is 4.52. The number of benzene rings is 3. The number of urea groups is 1. The SMILES string of the molecule is CC1(CC(O)c2ccccc2)CN(c2ccc(Cl)c(Cl)c2)CCN1S(=O)(=O)c1ccccc1.NC(=O)NC=O. The number of hydrogen-bond acceptors (Lipinski definition) is 6. The Hall–Kier alpha value is -3.15. The number of piperazine rings is 1. The van der Waals surface area contributed by atoms with E-state index >= 15 is 0 Å². The molecule has 0 radical (unpaired) electrons. The molecular weight excluding hydrogens is 563 g/mol. The van der Waals surface area contributed by atoms with Crippen molar-refractivity contribution >= 4 is 51.4 Å². The number of nitrogens with two attached hydrogens (primary N) is 1. The van der Waals surface area contributed by atoms with Crippen molar-refractivity contribution in [2.24, 2.45) is 5.73 Å². The first-order valence-electron chi connectivity index (χ1n) is 12.0. The number of halogens is 2. The summed E-state index contributed by atoms with van der Waals surface area (Å²) in [6.07, 6.45) is -0.359. The normalized spacial score (nSPS) is 18.4. The molecule has 12 heteroatoms. The highest BCUT2D eigenvalue weighted by Gasteiger charge is 2.46. The van der Waals surface area contributed by atoms with Gasteiger partial charge in [-0.25, -0.2) is 13.2 Å². The maximum atomic E-state index is 13.7. The van der Waals surface area contributed by atoms with Crippen molar-refractivity contribution in [3.63, 3.8) is 0 Å². The lowest BCUT2D eigenvalue weighted by Gasteiger charge is -2.49. The number of aliphatic hydroxyl groups is 1. The van der Waals surface area contributed by atoms with Crippen LogP contribution in [0.15, 0.2) is 83.8 Å². The minimum Gasteiger partial charge on any atom is -0.388 e. The molecule has 4 rings (SSSR count). The molecule has 0 bridgehead atoms. The Morgan fingerprint density at radius 3 is 2.21 bits per heavy atom. The van der Waals surface area contributed by atoms with Crippen LogP contribution in [0.2, 0.25) is 10.0 Å². The minimum atomic E-state index is -3.77. The Bertz CT molecular complexity index is 1380. The second-order valence-electron chi connectivity index (χ2n) is 9.16. The van der Waals surface area contributed by atoms with Crippen LogP contribution in [-0.2, 0) is 14.8 Å². The Morgan fingerprint density at radius 2 is 1.67 bits per heavy atom. The van der Waals surface area contributed by atoms with Gasteiger partial charge in [-0.05, 0) is 49.2 Å². The highest BCUT2D eigenvalue weighted by Crippen LogP contribution is 2.38. The van der Waals surface area contributed by atoms with Gasteiger partial charge in [-0.3, -0.25) is 10.1 Å². The topological polar surface area (TPSA) is 133 Å². The zero-order chi connectivity index (χ0) is 28.6. The quantitative estimate of drug-likeness (QED) is 0.352. The number of carbonyl (C=O) groups is 2. The van der Waals surface area contributed by atoms with E-state index in [1.54, 1.807) is 47.8 Å². The van der Waals surface area contributed by atoms with E-state index in [4.69, 9.17) is 23.2 Å². The number of hydrogen-bond donors (Lipinski definition) is 3. The van der Waals surface area contributed by atoms with Gasteiger partial charge in [0.1, 0.15) is 0 Å². The van der Waals surface area contributed by atoms with Crippen LogP contribution in [0.25, 0.3) is 0 Å². The summed E-state index contributed by atoms with van der Waals surface area (Å²) in [5.74, 6) is 0. The molecule has 0 spiro atoms. The van der Waals surface area contributed by atoms with Crippen molar-refractivity contribution in [2.75, 3.05) is 24.5 Å². The van der Waals surface area contributed by atoms with Crippen LogP contribution in [0.1, 0.15) is 25.0 Å². The molecule has 3 amide bonds. The van der Waals surface area contributed by atoms with Crippen LogP contribution in [0, 0.1) is 0 Å². The molecule has 39 heavy (non-hydrogen) atoms. The van der Waals surface area contributed by atoms with Gasteiger partial charge in [0.25, 0.3) is 0 Å². The first-order chi connectivity index (χ1) is 18.5. The Labute approximate surface area is 238 Å². The number of aliphatic hydroxyl groups excluding tert-OH is 1. The van der Waals surface area contributed by atoms with Crippen LogP contribution in [0.3, 0.4) is 0 Å². The van der Waals surface area contributed by atoms with Crippen molar-refractivity contribution in [3.05, 3.63) is 94.5 Å². The molecule has 1 saturated heterocycles. The summed E-state index contributed by atoms with van der Waals surface area (Å²) in [5.41, 5.74) is 5.16. The van der Waals surface area contributed by atoms with Crippen molar-refractivity contribution in [1.29, 1.82) is 0 Å². The largest absolute Gasteiger partial charge is 0.388 e. The first kappa shape index (κ1) is 30.4. The van der Waals surface area contributed by atoms with Gasteiger partial charge in [0.05, 0.1) is 26.6 Å². The third-order valence-corrected chi connectivity index (χ3v) is 9.14. The summed E-state index contributed by atoms with van der Waals surface area (Å²) in [7, 11) is -3.77. The molecule has 3 aromatic carbocycles. The van der Waals surface area contributed by atoms with Gasteiger partial charge in [-0.2, -0.15) is 4.31 Å². The zero-order valence-corrected chi connectivity index (χ0v) is 23.5. The lowest BCUT2D eigenvalue weighted by molar-refractivity contribution is -0.108. The molecular formula is C27H30Cl2N4O5S. The molecule has 1 heterocycles. The number of amides is 3. The molecule has 0 aromatic heterocycles. The van der Waals surface area contributed by atoms with Gasteiger partial charge in [0.15, 0.2) is 0 Å². The highest BCUT2D eigenvalue weighted by atomic mass is 35.5. The van der Waals surface area contributed by atoms with Crippen LogP contribution in [0.4, 0.5) is 10.5 Å². The average molecular weight is 594 g/mol. The molecule has 9 nitrogen and oxygen atoms in total. The van der Waals surface area contributed by atoms with E-state index in [-0.39, 0.29) is 24.3 Å². The third kappa shape index (κ3) is 7.71. The molecule has 0 aliphatic carbocycles. The smallest absolute Gasteiger partial charge is 0.318 e. The maximum absolute atomic E-state index is 13.7. The van der Waals surface area contributed by atoms with Crippen molar-refractivity contribution < 1.29 is 23.1 Å². The molecule has 2 atom stereocenters. The summed E-state index contributed by atoms with van der Waals surface area (Å²) in [6.45, 7) is 3.04. The molecule has 2 unspecified atom stereocenters. The minimum absolute atomic E-state index is 0.225. The highest BCUT2D eigenvalue weighted by molar-refractivity contribution is 7.89. The lowest BCUT2D eigenvalue weighted by Crippen LogP contribution is -2.63. The van der Waals surface area contributed by atoms with E-state index in [0.717, 1.165) is 11.3 Å². The fraction of sp³-hybridized carbons (Fsp3) is 0.259. The molecule has 1 fully saturated rings. The number of anilines is 1. The maximum Gasteiger partial charge on any atom is 0.318 e. The predicted molar refractivity (Wildman–Crippen MR) is 152 cm³/mol. The van der Waals surface area contributed by atoms with E-state index in [1.165, 1.54) is 4.31 Å². The molecule has 208 valence electrons. The predicted octanol–water partition coefficient (Wildman–Crippen LogP) is 4.20. The standard InChI is InChI=1S/C25H26Cl2N2O3S.C2H4N2O2/c1-25(17-24(30)19-8-4-2-5-9-19)18-28(20-12-13-22(26)23(27)16-20)14-15-29(25)33(31,32)21-10-6-3-7-11-21;3-2(6)4-1-5/h2-13,16,24,30H,14-15,17-18H2,1H3;1H,(H3,3,4,5,6).